The van der Waals surface area contributed by atoms with Crippen molar-refractivity contribution in [2.75, 3.05) is 13.1 Å². The van der Waals surface area contributed by atoms with E-state index in [-0.39, 0.29) is 5.91 Å². The lowest BCUT2D eigenvalue weighted by Gasteiger charge is -2.39. The molecule has 2 aromatic rings. The molecule has 1 aliphatic heterocycles. The fraction of sp³-hybridized carbons (Fsp3) is 0.500. The summed E-state index contributed by atoms with van der Waals surface area (Å²) in [7, 11) is 0. The number of rotatable bonds is 2. The van der Waals surface area contributed by atoms with E-state index in [0.717, 1.165) is 29.8 Å². The van der Waals surface area contributed by atoms with E-state index in [0.29, 0.717) is 12.0 Å². The molecule has 0 spiro atoms. The molecule has 5 nitrogen and oxygen atoms in total. The minimum absolute atomic E-state index is 0.144. The Morgan fingerprint density at radius 1 is 1.37 bits per heavy atom. The van der Waals surface area contributed by atoms with Gasteiger partial charge in [0.05, 0.1) is 24.1 Å². The largest absolute Gasteiger partial charge is 0.339 e. The summed E-state index contributed by atoms with van der Waals surface area (Å²) in [6.45, 7) is 7.44. The first-order valence-corrected chi connectivity index (χ1v) is 6.64. The zero-order chi connectivity index (χ0) is 13.6. The standard InChI is InChI=1S/C14H18N4O/c1-9(2)12-4-14-13(5-15-12)16-8-18(14)11-6-17(7-11)10(3)19/h4-5,8-9,11H,6-7H2,1-3H3. The van der Waals surface area contributed by atoms with Crippen LogP contribution >= 0.6 is 0 Å². The van der Waals surface area contributed by atoms with E-state index in [1.54, 1.807) is 6.92 Å². The molecule has 0 bridgehead atoms. The highest BCUT2D eigenvalue weighted by Crippen LogP contribution is 2.26. The van der Waals surface area contributed by atoms with E-state index in [1.807, 2.05) is 17.4 Å². The Balaban J connectivity index is 1.92. The average molecular weight is 258 g/mol. The molecule has 0 aliphatic carbocycles. The maximum absolute atomic E-state index is 11.2. The first kappa shape index (κ1) is 12.1. The zero-order valence-electron chi connectivity index (χ0n) is 11.5. The first-order chi connectivity index (χ1) is 9.06. The summed E-state index contributed by atoms with van der Waals surface area (Å²) in [6, 6.07) is 2.46. The summed E-state index contributed by atoms with van der Waals surface area (Å²) in [4.78, 5) is 21.9. The fourth-order valence-electron chi connectivity index (χ4n) is 2.44. The molecule has 0 N–H and O–H groups in total. The van der Waals surface area contributed by atoms with Gasteiger partial charge in [-0.25, -0.2) is 4.98 Å². The highest BCUT2D eigenvalue weighted by molar-refractivity contribution is 5.76. The van der Waals surface area contributed by atoms with Gasteiger partial charge in [-0.05, 0) is 12.0 Å². The van der Waals surface area contributed by atoms with Gasteiger partial charge in [-0.1, -0.05) is 13.8 Å². The molecule has 3 rings (SSSR count). The van der Waals surface area contributed by atoms with Crippen LogP contribution in [0.5, 0.6) is 0 Å². The van der Waals surface area contributed by atoms with Crippen molar-refractivity contribution in [3.63, 3.8) is 0 Å². The monoisotopic (exact) mass is 258 g/mol. The number of carbonyl (C=O) groups excluding carboxylic acids is 1. The van der Waals surface area contributed by atoms with Crippen molar-refractivity contribution in [3.05, 3.63) is 24.3 Å². The van der Waals surface area contributed by atoms with Gasteiger partial charge in [-0.2, -0.15) is 0 Å². The van der Waals surface area contributed by atoms with Crippen LogP contribution in [0.25, 0.3) is 11.0 Å². The second-order valence-corrected chi connectivity index (χ2v) is 5.48. The predicted octanol–water partition coefficient (Wildman–Crippen LogP) is 1.96. The van der Waals surface area contributed by atoms with Gasteiger partial charge in [-0.3, -0.25) is 9.78 Å². The molecule has 1 fully saturated rings. The SMILES string of the molecule is CC(=O)N1CC(n2cnc3cnc(C(C)C)cc32)C1. The van der Waals surface area contributed by atoms with Crippen molar-refractivity contribution in [1.29, 1.82) is 0 Å². The van der Waals surface area contributed by atoms with Crippen molar-refractivity contribution in [2.24, 2.45) is 0 Å². The van der Waals surface area contributed by atoms with Crippen molar-refractivity contribution in [2.45, 2.75) is 32.7 Å². The molecule has 5 heteroatoms. The molecule has 1 amide bonds. The lowest BCUT2D eigenvalue weighted by Crippen LogP contribution is -2.49. The lowest BCUT2D eigenvalue weighted by molar-refractivity contribution is -0.134. The quantitative estimate of drug-likeness (QED) is 0.827. The van der Waals surface area contributed by atoms with Crippen LogP contribution in [0.1, 0.15) is 38.4 Å². The smallest absolute Gasteiger partial charge is 0.219 e. The van der Waals surface area contributed by atoms with Crippen LogP contribution < -0.4 is 0 Å². The molecule has 3 heterocycles. The minimum atomic E-state index is 0.144. The van der Waals surface area contributed by atoms with Gasteiger partial charge in [0.1, 0.15) is 5.52 Å². The summed E-state index contributed by atoms with van der Waals surface area (Å²) in [5.41, 5.74) is 3.12. The van der Waals surface area contributed by atoms with Crippen LogP contribution in [0.4, 0.5) is 0 Å². The van der Waals surface area contributed by atoms with Gasteiger partial charge in [-0.15, -0.1) is 0 Å². The number of carbonyl (C=O) groups is 1. The second-order valence-electron chi connectivity index (χ2n) is 5.48. The molecular formula is C14H18N4O. The molecule has 19 heavy (non-hydrogen) atoms. The molecule has 0 saturated carbocycles. The molecule has 2 aromatic heterocycles. The molecule has 1 aliphatic rings. The van der Waals surface area contributed by atoms with Crippen LogP contribution in [0.2, 0.25) is 0 Å². The van der Waals surface area contributed by atoms with Gasteiger partial charge in [0.2, 0.25) is 5.91 Å². The maximum Gasteiger partial charge on any atom is 0.219 e. The van der Waals surface area contributed by atoms with Gasteiger partial charge in [0.25, 0.3) is 0 Å². The fourth-order valence-corrected chi connectivity index (χ4v) is 2.44. The highest BCUT2D eigenvalue weighted by Gasteiger charge is 2.30. The number of hydrogen-bond acceptors (Lipinski definition) is 3. The highest BCUT2D eigenvalue weighted by atomic mass is 16.2. The van der Waals surface area contributed by atoms with E-state index in [2.05, 4.69) is 34.4 Å². The van der Waals surface area contributed by atoms with Crippen LogP contribution in [-0.2, 0) is 4.79 Å². The first-order valence-electron chi connectivity index (χ1n) is 6.64. The number of fused-ring (bicyclic) bond motifs is 1. The molecular weight excluding hydrogens is 240 g/mol. The number of pyridine rings is 1. The molecule has 0 radical (unpaired) electrons. The Kier molecular flexibility index (Phi) is 2.77. The molecule has 0 aromatic carbocycles. The van der Waals surface area contributed by atoms with Crippen LogP contribution in [0.15, 0.2) is 18.6 Å². The normalized spacial score (nSPS) is 16.1. The third-order valence-corrected chi connectivity index (χ3v) is 3.77. The van der Waals surface area contributed by atoms with Gasteiger partial charge in [0, 0.05) is 25.7 Å². The topological polar surface area (TPSA) is 51.0 Å². The number of imidazole rings is 1. The number of nitrogens with zero attached hydrogens (tertiary/aromatic N) is 4. The summed E-state index contributed by atoms with van der Waals surface area (Å²) in [5, 5.41) is 0. The Morgan fingerprint density at radius 3 is 2.74 bits per heavy atom. The van der Waals surface area contributed by atoms with Crippen LogP contribution in [0, 0.1) is 0 Å². The molecule has 100 valence electrons. The third-order valence-electron chi connectivity index (χ3n) is 3.77. The number of hydrogen-bond donors (Lipinski definition) is 0. The Hall–Kier alpha value is -1.91. The Labute approximate surface area is 112 Å². The number of likely N-dealkylation sites (tertiary alicyclic amines) is 1. The van der Waals surface area contributed by atoms with Gasteiger partial charge < -0.3 is 9.47 Å². The van der Waals surface area contributed by atoms with E-state index in [1.165, 1.54) is 0 Å². The summed E-state index contributed by atoms with van der Waals surface area (Å²) >= 11 is 0. The summed E-state index contributed by atoms with van der Waals surface area (Å²) in [6.07, 6.45) is 3.70. The van der Waals surface area contributed by atoms with Crippen molar-refractivity contribution in [3.8, 4) is 0 Å². The van der Waals surface area contributed by atoms with Crippen LogP contribution in [-0.4, -0.2) is 38.4 Å². The van der Waals surface area contributed by atoms with E-state index < -0.39 is 0 Å². The minimum Gasteiger partial charge on any atom is -0.339 e. The van der Waals surface area contributed by atoms with Gasteiger partial charge in [0.15, 0.2) is 0 Å². The maximum atomic E-state index is 11.2. The van der Waals surface area contributed by atoms with E-state index in [9.17, 15) is 4.79 Å². The second kappa shape index (κ2) is 4.33. The van der Waals surface area contributed by atoms with E-state index >= 15 is 0 Å². The number of aromatic nitrogens is 3. The van der Waals surface area contributed by atoms with E-state index in [4.69, 9.17) is 0 Å². The Bertz CT molecular complexity index is 625. The van der Waals surface area contributed by atoms with Crippen molar-refractivity contribution in [1.82, 2.24) is 19.4 Å². The zero-order valence-corrected chi connectivity index (χ0v) is 11.5. The van der Waals surface area contributed by atoms with Crippen LogP contribution in [0.3, 0.4) is 0 Å². The third kappa shape index (κ3) is 1.99. The molecule has 0 atom stereocenters. The Morgan fingerprint density at radius 2 is 2.11 bits per heavy atom. The average Bonchev–Trinajstić information content (AvgIpc) is 2.70. The predicted molar refractivity (Wildman–Crippen MR) is 72.9 cm³/mol. The summed E-state index contributed by atoms with van der Waals surface area (Å²) < 4.78 is 2.17. The molecule has 0 unspecified atom stereocenters. The van der Waals surface area contributed by atoms with Crippen molar-refractivity contribution < 1.29 is 4.79 Å². The lowest BCUT2D eigenvalue weighted by atomic mass is 10.1. The molecule has 1 saturated heterocycles. The van der Waals surface area contributed by atoms with Crippen molar-refractivity contribution >= 4 is 16.9 Å². The summed E-state index contributed by atoms with van der Waals surface area (Å²) in [5.74, 6) is 0.549. The number of amides is 1. The van der Waals surface area contributed by atoms with Gasteiger partial charge >= 0.3 is 0 Å².